The second kappa shape index (κ2) is 11.3. The van der Waals surface area contributed by atoms with Crippen molar-refractivity contribution in [3.8, 4) is 6.07 Å². The summed E-state index contributed by atoms with van der Waals surface area (Å²) in [6.07, 6.45) is 2.81. The Balaban J connectivity index is 1.37. The van der Waals surface area contributed by atoms with E-state index in [0.717, 1.165) is 30.5 Å². The lowest BCUT2D eigenvalue weighted by Gasteiger charge is -2.34. The lowest BCUT2D eigenvalue weighted by molar-refractivity contribution is -0.113. The quantitative estimate of drug-likeness (QED) is 0.375. The molecule has 1 aliphatic carbocycles. The number of benzene rings is 1. The molecule has 2 aromatic heterocycles. The molecule has 0 saturated carbocycles. The van der Waals surface area contributed by atoms with Crippen LogP contribution in [0.2, 0.25) is 5.15 Å². The fourth-order valence-corrected chi connectivity index (χ4v) is 6.06. The van der Waals surface area contributed by atoms with Crippen molar-refractivity contribution in [3.05, 3.63) is 64.4 Å². The van der Waals surface area contributed by atoms with E-state index in [1.165, 1.54) is 48.2 Å². The highest BCUT2D eigenvalue weighted by Gasteiger charge is 2.30. The van der Waals surface area contributed by atoms with Crippen molar-refractivity contribution in [1.82, 2.24) is 15.2 Å². The number of pyridine rings is 1. The first kappa shape index (κ1) is 27.8. The maximum absolute atomic E-state index is 12.6. The van der Waals surface area contributed by atoms with E-state index in [4.69, 9.17) is 16.6 Å². The highest BCUT2D eigenvalue weighted by molar-refractivity contribution is 8.00. The number of sulfonamides is 1. The van der Waals surface area contributed by atoms with E-state index >= 15 is 0 Å². The number of carbonyl (C=O) groups is 1. The number of hydrogen-bond donors (Lipinski definition) is 2. The molecule has 2 N–H and O–H groups in total. The fourth-order valence-electron chi connectivity index (χ4n) is 4.19. The SMILES string of the molecule is CC(C)(C)C1CCc2nc(SCC(=O)Nc3ccc(S(=O)(=O)Nc4ccc(Cl)nn4)cc3)c(C#N)cc2C1. The number of nitrogens with one attached hydrogen (secondary N) is 2. The third-order valence-corrected chi connectivity index (χ3v) is 8.92. The average molecular weight is 571 g/mol. The summed E-state index contributed by atoms with van der Waals surface area (Å²) in [5, 5.41) is 20.4. The summed E-state index contributed by atoms with van der Waals surface area (Å²) in [7, 11) is -3.90. The summed E-state index contributed by atoms with van der Waals surface area (Å²) < 4.78 is 27.5. The molecular formula is C26H27ClN6O3S2. The van der Waals surface area contributed by atoms with Gasteiger partial charge in [-0.1, -0.05) is 44.1 Å². The van der Waals surface area contributed by atoms with Crippen molar-refractivity contribution in [2.75, 3.05) is 15.8 Å². The van der Waals surface area contributed by atoms with Crippen LogP contribution in [0.1, 0.15) is 44.0 Å². The van der Waals surface area contributed by atoms with Crippen LogP contribution in [0.5, 0.6) is 0 Å². The van der Waals surface area contributed by atoms with Crippen LogP contribution in [0.4, 0.5) is 11.5 Å². The minimum Gasteiger partial charge on any atom is -0.325 e. The third kappa shape index (κ3) is 6.81. The molecule has 1 aromatic carbocycles. The Morgan fingerprint density at radius 2 is 1.92 bits per heavy atom. The zero-order valence-corrected chi connectivity index (χ0v) is 23.5. The van der Waals surface area contributed by atoms with Gasteiger partial charge in [0.05, 0.1) is 16.2 Å². The van der Waals surface area contributed by atoms with Crippen LogP contribution in [0.3, 0.4) is 0 Å². The summed E-state index contributed by atoms with van der Waals surface area (Å²) in [5.74, 6) is 0.333. The highest BCUT2D eigenvalue weighted by atomic mass is 35.5. The zero-order valence-electron chi connectivity index (χ0n) is 21.2. The molecule has 38 heavy (non-hydrogen) atoms. The molecule has 2 heterocycles. The molecule has 0 spiro atoms. The Bertz CT molecular complexity index is 1480. The molecule has 3 aromatic rings. The lowest BCUT2D eigenvalue weighted by atomic mass is 9.71. The number of nitrogens with zero attached hydrogens (tertiary/aromatic N) is 4. The van der Waals surface area contributed by atoms with E-state index in [-0.39, 0.29) is 32.9 Å². The number of anilines is 2. The summed E-state index contributed by atoms with van der Waals surface area (Å²) in [6, 6.07) is 12.7. The summed E-state index contributed by atoms with van der Waals surface area (Å²) in [6.45, 7) is 6.72. The van der Waals surface area contributed by atoms with Crippen LogP contribution in [-0.4, -0.2) is 35.3 Å². The normalized spacial score (nSPS) is 15.3. The predicted octanol–water partition coefficient (Wildman–Crippen LogP) is 5.08. The van der Waals surface area contributed by atoms with Crippen LogP contribution < -0.4 is 10.0 Å². The van der Waals surface area contributed by atoms with E-state index in [2.05, 4.69) is 47.1 Å². The van der Waals surface area contributed by atoms with Gasteiger partial charge in [-0.15, -0.1) is 10.2 Å². The van der Waals surface area contributed by atoms with Gasteiger partial charge in [-0.05, 0) is 78.6 Å². The smallest absolute Gasteiger partial charge is 0.263 e. The number of hydrogen-bond acceptors (Lipinski definition) is 8. The summed E-state index contributed by atoms with van der Waals surface area (Å²) in [4.78, 5) is 17.3. The van der Waals surface area contributed by atoms with Crippen LogP contribution in [0, 0.1) is 22.7 Å². The maximum Gasteiger partial charge on any atom is 0.263 e. The Morgan fingerprint density at radius 3 is 2.55 bits per heavy atom. The monoisotopic (exact) mass is 570 g/mol. The molecule has 0 bridgehead atoms. The van der Waals surface area contributed by atoms with Gasteiger partial charge in [0.2, 0.25) is 5.91 Å². The predicted molar refractivity (Wildman–Crippen MR) is 148 cm³/mol. The van der Waals surface area contributed by atoms with Gasteiger partial charge < -0.3 is 5.32 Å². The van der Waals surface area contributed by atoms with Crippen molar-refractivity contribution >= 4 is 50.8 Å². The average Bonchev–Trinajstić information content (AvgIpc) is 2.87. The standard InChI is InChI=1S/C26H27ClN6O3S2/c1-26(2,3)18-4-9-21-16(13-18)12-17(14-28)25(30-21)37-15-24(34)29-19-5-7-20(8-6-19)38(35,36)33-23-11-10-22(27)31-32-23/h5-8,10-12,18H,4,9,13,15H2,1-3H3,(H,29,34)(H,32,33). The number of carbonyl (C=O) groups excluding carboxylic acids is 1. The number of amides is 1. The van der Waals surface area contributed by atoms with E-state index in [9.17, 15) is 18.5 Å². The molecule has 0 saturated heterocycles. The van der Waals surface area contributed by atoms with Gasteiger partial charge in [-0.3, -0.25) is 9.52 Å². The van der Waals surface area contributed by atoms with Gasteiger partial charge >= 0.3 is 0 Å². The molecule has 198 valence electrons. The molecule has 0 fully saturated rings. The van der Waals surface area contributed by atoms with Crippen molar-refractivity contribution < 1.29 is 13.2 Å². The molecule has 1 atom stereocenters. The first-order valence-corrected chi connectivity index (χ1v) is 14.8. The number of aromatic nitrogens is 3. The van der Waals surface area contributed by atoms with Crippen LogP contribution in [-0.2, 0) is 27.7 Å². The van der Waals surface area contributed by atoms with Crippen molar-refractivity contribution in [2.24, 2.45) is 11.3 Å². The zero-order chi connectivity index (χ0) is 27.5. The van der Waals surface area contributed by atoms with E-state index in [0.29, 0.717) is 22.2 Å². The molecule has 9 nitrogen and oxygen atoms in total. The lowest BCUT2D eigenvalue weighted by Crippen LogP contribution is -2.27. The van der Waals surface area contributed by atoms with Gasteiger partial charge in [0.1, 0.15) is 11.1 Å². The molecule has 1 amide bonds. The minimum absolute atomic E-state index is 0.00718. The molecular weight excluding hydrogens is 544 g/mol. The van der Waals surface area contributed by atoms with Crippen molar-refractivity contribution in [2.45, 2.75) is 50.0 Å². The van der Waals surface area contributed by atoms with Crippen molar-refractivity contribution in [3.63, 3.8) is 0 Å². The first-order chi connectivity index (χ1) is 17.9. The Labute approximate surface area is 231 Å². The molecule has 1 unspecified atom stereocenters. The van der Waals surface area contributed by atoms with Crippen molar-refractivity contribution in [1.29, 1.82) is 5.26 Å². The summed E-state index contributed by atoms with van der Waals surface area (Å²) in [5.41, 5.74) is 3.23. The topological polar surface area (TPSA) is 138 Å². The molecule has 12 heteroatoms. The summed E-state index contributed by atoms with van der Waals surface area (Å²) >= 11 is 6.89. The van der Waals surface area contributed by atoms with Gasteiger partial charge in [0.15, 0.2) is 11.0 Å². The molecule has 4 rings (SSSR count). The van der Waals surface area contributed by atoms with Gasteiger partial charge in [-0.25, -0.2) is 13.4 Å². The van der Waals surface area contributed by atoms with E-state index in [1.807, 2.05) is 6.07 Å². The largest absolute Gasteiger partial charge is 0.325 e. The number of fused-ring (bicyclic) bond motifs is 1. The number of rotatable bonds is 7. The minimum atomic E-state index is -3.90. The van der Waals surface area contributed by atoms with Crippen LogP contribution in [0.25, 0.3) is 0 Å². The Kier molecular flexibility index (Phi) is 8.25. The Hall–Kier alpha value is -3.20. The molecule has 0 radical (unpaired) electrons. The fraction of sp³-hybridized carbons (Fsp3) is 0.346. The second-order valence-electron chi connectivity index (χ2n) is 10.1. The molecule has 0 aliphatic heterocycles. The van der Waals surface area contributed by atoms with E-state index < -0.39 is 10.0 Å². The van der Waals surface area contributed by atoms with Crippen LogP contribution in [0.15, 0.2) is 52.4 Å². The molecule has 1 aliphatic rings. The first-order valence-electron chi connectivity index (χ1n) is 11.9. The Morgan fingerprint density at radius 1 is 1.18 bits per heavy atom. The van der Waals surface area contributed by atoms with Gasteiger partial charge in [0.25, 0.3) is 10.0 Å². The van der Waals surface area contributed by atoms with Gasteiger partial charge in [-0.2, -0.15) is 5.26 Å². The third-order valence-electron chi connectivity index (χ3n) is 6.36. The number of aryl methyl sites for hydroxylation is 1. The number of nitriles is 1. The second-order valence-corrected chi connectivity index (χ2v) is 13.1. The number of thioether (sulfide) groups is 1. The highest BCUT2D eigenvalue weighted by Crippen LogP contribution is 2.38. The van der Waals surface area contributed by atoms with E-state index in [1.54, 1.807) is 0 Å². The number of halogens is 1. The maximum atomic E-state index is 12.6. The van der Waals surface area contributed by atoms with Crippen LogP contribution >= 0.6 is 23.4 Å². The van der Waals surface area contributed by atoms with Gasteiger partial charge in [0, 0.05) is 11.4 Å².